The second-order valence-corrected chi connectivity index (χ2v) is 7.74. The van der Waals surface area contributed by atoms with E-state index in [2.05, 4.69) is 20.7 Å². The number of halogens is 1. The quantitative estimate of drug-likeness (QED) is 0.806. The van der Waals surface area contributed by atoms with Gasteiger partial charge in [0, 0.05) is 17.9 Å². The number of hydrogen-bond acceptors (Lipinski definition) is 5. The van der Waals surface area contributed by atoms with Crippen LogP contribution in [0.4, 0.5) is 0 Å². The first-order chi connectivity index (χ1) is 8.83. The first-order valence-electron chi connectivity index (χ1n) is 5.38. The van der Waals surface area contributed by atoms with Crippen molar-refractivity contribution in [2.45, 2.75) is 23.1 Å². The number of thiophene rings is 1. The molecule has 1 N–H and O–H groups in total. The van der Waals surface area contributed by atoms with Gasteiger partial charge in [0.1, 0.15) is 10.3 Å². The summed E-state index contributed by atoms with van der Waals surface area (Å²) in [7, 11) is -2.40. The number of nitrogens with zero attached hydrogens (tertiary/aromatic N) is 1. The Morgan fingerprint density at radius 2 is 2.16 bits per heavy atom. The molecular weight excluding hydrogens is 356 g/mol. The summed E-state index contributed by atoms with van der Waals surface area (Å²) in [5.74, 6) is -0.815. The van der Waals surface area contributed by atoms with E-state index in [1.807, 2.05) is 0 Å². The number of carbonyl (C=O) groups excluding carboxylic acids is 2. The lowest BCUT2D eigenvalue weighted by Crippen LogP contribution is -2.52. The minimum atomic E-state index is -3.76. The third-order valence-corrected chi connectivity index (χ3v) is 6.92. The van der Waals surface area contributed by atoms with Crippen molar-refractivity contribution in [3.05, 3.63) is 15.9 Å². The van der Waals surface area contributed by atoms with Crippen LogP contribution >= 0.6 is 27.3 Å². The van der Waals surface area contributed by atoms with Crippen molar-refractivity contribution in [2.24, 2.45) is 0 Å². The van der Waals surface area contributed by atoms with Crippen LogP contribution in [0.3, 0.4) is 0 Å². The molecule has 0 spiro atoms. The molecule has 1 saturated heterocycles. The highest BCUT2D eigenvalue weighted by molar-refractivity contribution is 9.10. The molecular formula is C10H11BrN2O4S2. The zero-order valence-electron chi connectivity index (χ0n) is 9.92. The Kier molecular flexibility index (Phi) is 4.09. The zero-order chi connectivity index (χ0) is 14.2. The first-order valence-corrected chi connectivity index (χ1v) is 8.54. The van der Waals surface area contributed by atoms with Gasteiger partial charge < -0.3 is 0 Å². The second kappa shape index (κ2) is 5.31. The van der Waals surface area contributed by atoms with Crippen LogP contribution < -0.4 is 4.72 Å². The third kappa shape index (κ3) is 2.88. The highest BCUT2D eigenvalue weighted by Crippen LogP contribution is 2.28. The van der Waals surface area contributed by atoms with E-state index < -0.39 is 22.0 Å². The van der Waals surface area contributed by atoms with Gasteiger partial charge in [-0.15, -0.1) is 11.3 Å². The Bertz CT molecular complexity index is 625. The van der Waals surface area contributed by atoms with Crippen LogP contribution in [0.1, 0.15) is 12.8 Å². The van der Waals surface area contributed by atoms with Crippen molar-refractivity contribution in [2.75, 3.05) is 7.05 Å². The van der Waals surface area contributed by atoms with Gasteiger partial charge in [-0.05, 0) is 33.8 Å². The molecule has 1 aromatic rings. The van der Waals surface area contributed by atoms with Gasteiger partial charge in [-0.25, -0.2) is 8.42 Å². The van der Waals surface area contributed by atoms with Gasteiger partial charge >= 0.3 is 0 Å². The van der Waals surface area contributed by atoms with Crippen LogP contribution in [0.5, 0.6) is 0 Å². The maximum absolute atomic E-state index is 12.1. The normalized spacial score (nSPS) is 20.9. The van der Waals surface area contributed by atoms with Crippen molar-refractivity contribution < 1.29 is 18.0 Å². The largest absolute Gasteiger partial charge is 0.284 e. The first kappa shape index (κ1) is 14.6. The monoisotopic (exact) mass is 366 g/mol. The minimum Gasteiger partial charge on any atom is -0.284 e. The number of carbonyl (C=O) groups is 2. The molecule has 0 radical (unpaired) electrons. The predicted octanol–water partition coefficient (Wildman–Crippen LogP) is 0.936. The van der Waals surface area contributed by atoms with E-state index in [-0.39, 0.29) is 23.0 Å². The number of likely N-dealkylation sites (tertiary alicyclic amines) is 1. The SMILES string of the molecule is CN1C(=O)CCC(NS(=O)(=O)c2sccc2Br)C1=O. The smallest absolute Gasteiger partial charge is 0.251 e. The van der Waals surface area contributed by atoms with Crippen LogP contribution in [0.25, 0.3) is 0 Å². The van der Waals surface area contributed by atoms with Crippen molar-refractivity contribution in [1.29, 1.82) is 0 Å². The number of nitrogens with one attached hydrogen (secondary N) is 1. The molecule has 0 aromatic carbocycles. The Morgan fingerprint density at radius 3 is 2.74 bits per heavy atom. The lowest BCUT2D eigenvalue weighted by atomic mass is 10.1. The predicted molar refractivity (Wildman–Crippen MR) is 73.1 cm³/mol. The molecule has 2 amide bonds. The standard InChI is InChI=1S/C10H11BrN2O4S2/c1-13-8(14)3-2-7(9(13)15)12-19(16,17)10-6(11)4-5-18-10/h4-5,7,12H,2-3H2,1H3. The topological polar surface area (TPSA) is 83.6 Å². The fraction of sp³-hybridized carbons (Fsp3) is 0.400. The average Bonchev–Trinajstić information content (AvgIpc) is 2.77. The van der Waals surface area contributed by atoms with Crippen molar-refractivity contribution in [3.63, 3.8) is 0 Å². The maximum atomic E-state index is 12.1. The molecule has 2 heterocycles. The average molecular weight is 367 g/mol. The molecule has 0 bridgehead atoms. The van der Waals surface area contributed by atoms with Crippen molar-refractivity contribution in [1.82, 2.24) is 9.62 Å². The number of imide groups is 1. The van der Waals surface area contributed by atoms with Crippen LogP contribution in [-0.2, 0) is 19.6 Å². The summed E-state index contributed by atoms with van der Waals surface area (Å²) in [5, 5.41) is 1.64. The summed E-state index contributed by atoms with van der Waals surface area (Å²) in [5.41, 5.74) is 0. The molecule has 2 rings (SSSR count). The third-order valence-electron chi connectivity index (χ3n) is 2.78. The molecule has 1 aromatic heterocycles. The molecule has 1 atom stereocenters. The molecule has 9 heteroatoms. The maximum Gasteiger partial charge on any atom is 0.251 e. The van der Waals surface area contributed by atoms with E-state index >= 15 is 0 Å². The number of piperidine rings is 1. The summed E-state index contributed by atoms with van der Waals surface area (Å²) >= 11 is 4.20. The van der Waals surface area contributed by atoms with Gasteiger partial charge in [-0.2, -0.15) is 4.72 Å². The molecule has 0 saturated carbocycles. The lowest BCUT2D eigenvalue weighted by molar-refractivity contribution is -0.147. The fourth-order valence-electron chi connectivity index (χ4n) is 1.74. The second-order valence-electron chi connectivity index (χ2n) is 4.06. The molecule has 104 valence electrons. The molecule has 19 heavy (non-hydrogen) atoms. The lowest BCUT2D eigenvalue weighted by Gasteiger charge is -2.27. The van der Waals surface area contributed by atoms with E-state index in [0.717, 1.165) is 16.2 Å². The van der Waals surface area contributed by atoms with E-state index in [1.54, 1.807) is 11.4 Å². The molecule has 1 aliphatic rings. The molecule has 1 unspecified atom stereocenters. The summed E-state index contributed by atoms with van der Waals surface area (Å²) in [6, 6.07) is 0.735. The highest BCUT2D eigenvalue weighted by Gasteiger charge is 2.35. The fourth-order valence-corrected chi connectivity index (χ4v) is 5.32. The van der Waals surface area contributed by atoms with Gasteiger partial charge in [0.05, 0.1) is 0 Å². The molecule has 1 fully saturated rings. The minimum absolute atomic E-state index is 0.125. The summed E-state index contributed by atoms with van der Waals surface area (Å²) in [6.07, 6.45) is 0.339. The van der Waals surface area contributed by atoms with E-state index in [4.69, 9.17) is 0 Å². The van der Waals surface area contributed by atoms with Crippen LogP contribution in [0, 0.1) is 0 Å². The Balaban J connectivity index is 2.20. The van der Waals surface area contributed by atoms with Crippen LogP contribution in [0.2, 0.25) is 0 Å². The van der Waals surface area contributed by atoms with E-state index in [1.165, 1.54) is 7.05 Å². The number of rotatable bonds is 3. The number of amides is 2. The van der Waals surface area contributed by atoms with Gasteiger partial charge in [-0.1, -0.05) is 0 Å². The van der Waals surface area contributed by atoms with Crippen molar-refractivity contribution in [3.8, 4) is 0 Å². The number of likely N-dealkylation sites (N-methyl/N-ethyl adjacent to an activating group) is 1. The van der Waals surface area contributed by atoms with Gasteiger partial charge in [-0.3, -0.25) is 14.5 Å². The van der Waals surface area contributed by atoms with Crippen molar-refractivity contribution >= 4 is 49.1 Å². The van der Waals surface area contributed by atoms with E-state index in [0.29, 0.717) is 4.47 Å². The Hall–Kier alpha value is -0.770. The highest BCUT2D eigenvalue weighted by atomic mass is 79.9. The Morgan fingerprint density at radius 1 is 1.47 bits per heavy atom. The van der Waals surface area contributed by atoms with E-state index in [9.17, 15) is 18.0 Å². The zero-order valence-corrected chi connectivity index (χ0v) is 13.1. The number of hydrogen-bond donors (Lipinski definition) is 1. The van der Waals surface area contributed by atoms with Crippen LogP contribution in [0.15, 0.2) is 20.1 Å². The van der Waals surface area contributed by atoms with Gasteiger partial charge in [0.15, 0.2) is 0 Å². The van der Waals surface area contributed by atoms with Gasteiger partial charge in [0.25, 0.3) is 10.0 Å². The van der Waals surface area contributed by atoms with Crippen LogP contribution in [-0.4, -0.2) is 38.2 Å². The summed E-state index contributed by atoms with van der Waals surface area (Å²) in [6.45, 7) is 0. The summed E-state index contributed by atoms with van der Waals surface area (Å²) < 4.78 is 27.2. The number of sulfonamides is 1. The molecule has 6 nitrogen and oxygen atoms in total. The van der Waals surface area contributed by atoms with Gasteiger partial charge in [0.2, 0.25) is 11.8 Å². The molecule has 1 aliphatic heterocycles. The summed E-state index contributed by atoms with van der Waals surface area (Å²) in [4.78, 5) is 24.1. The molecule has 0 aliphatic carbocycles. The Labute approximate surface area is 123 Å².